The molecule has 0 bridgehead atoms. The Hall–Kier alpha value is -2.47. The van der Waals surface area contributed by atoms with Crippen LogP contribution in [-0.4, -0.2) is 24.4 Å². The van der Waals surface area contributed by atoms with Gasteiger partial charge in [-0.1, -0.05) is 29.5 Å². The Kier molecular flexibility index (Phi) is 5.05. The molecule has 3 rings (SSSR count). The molecular formula is C18H18N2O3S. The van der Waals surface area contributed by atoms with E-state index in [1.165, 1.54) is 11.8 Å². The van der Waals surface area contributed by atoms with Crippen LogP contribution in [0.2, 0.25) is 0 Å². The molecule has 124 valence electrons. The zero-order valence-corrected chi connectivity index (χ0v) is 14.6. The molecule has 0 aliphatic carbocycles. The lowest BCUT2D eigenvalue weighted by atomic mass is 10.1. The molecular weight excluding hydrogens is 324 g/mol. The Balaban J connectivity index is 1.74. The first-order chi connectivity index (χ1) is 11.7. The fourth-order valence-electron chi connectivity index (χ4n) is 2.30. The average molecular weight is 342 g/mol. The molecule has 0 atom stereocenters. The zero-order chi connectivity index (χ0) is 16.9. The third kappa shape index (κ3) is 3.71. The Labute approximate surface area is 145 Å². The van der Waals surface area contributed by atoms with Gasteiger partial charge in [-0.3, -0.25) is 0 Å². The molecule has 0 spiro atoms. The number of methoxy groups -OCH3 is 2. The van der Waals surface area contributed by atoms with Crippen LogP contribution < -0.4 is 9.47 Å². The number of ether oxygens (including phenoxy) is 2. The molecule has 0 saturated carbocycles. The van der Waals surface area contributed by atoms with E-state index in [9.17, 15) is 0 Å². The van der Waals surface area contributed by atoms with Gasteiger partial charge >= 0.3 is 0 Å². The van der Waals surface area contributed by atoms with Gasteiger partial charge in [0, 0.05) is 16.9 Å². The highest BCUT2D eigenvalue weighted by Gasteiger charge is 2.11. The second-order valence-corrected chi connectivity index (χ2v) is 6.14. The maximum Gasteiger partial charge on any atom is 0.277 e. The highest BCUT2D eigenvalue weighted by molar-refractivity contribution is 7.98. The smallest absolute Gasteiger partial charge is 0.277 e. The summed E-state index contributed by atoms with van der Waals surface area (Å²) in [5.74, 6) is 2.77. The van der Waals surface area contributed by atoms with Gasteiger partial charge in [-0.25, -0.2) is 0 Å². The standard InChI is InChI=1S/C18H18N2O3S/c1-12-5-4-6-13(9-12)17-19-20-18(23-17)24-11-14-10-15(21-2)7-8-16(14)22-3/h4-10H,11H2,1-3H3. The van der Waals surface area contributed by atoms with Gasteiger partial charge < -0.3 is 13.9 Å². The number of aryl methyl sites for hydroxylation is 1. The normalized spacial score (nSPS) is 10.6. The summed E-state index contributed by atoms with van der Waals surface area (Å²) >= 11 is 1.47. The van der Waals surface area contributed by atoms with E-state index in [2.05, 4.69) is 10.2 Å². The summed E-state index contributed by atoms with van der Waals surface area (Å²) in [6, 6.07) is 13.7. The van der Waals surface area contributed by atoms with E-state index in [1.54, 1.807) is 14.2 Å². The maximum atomic E-state index is 5.75. The molecule has 0 saturated heterocycles. The van der Waals surface area contributed by atoms with Crippen LogP contribution in [-0.2, 0) is 5.75 Å². The molecule has 0 N–H and O–H groups in total. The first kappa shape index (κ1) is 16.4. The van der Waals surface area contributed by atoms with Crippen molar-refractivity contribution in [1.82, 2.24) is 10.2 Å². The summed E-state index contributed by atoms with van der Waals surface area (Å²) in [5, 5.41) is 8.76. The maximum absolute atomic E-state index is 5.75. The molecule has 1 aromatic heterocycles. The van der Waals surface area contributed by atoms with Crippen LogP contribution in [0, 0.1) is 6.92 Å². The lowest BCUT2D eigenvalue weighted by molar-refractivity contribution is 0.400. The van der Waals surface area contributed by atoms with E-state index in [-0.39, 0.29) is 0 Å². The quantitative estimate of drug-likeness (QED) is 0.621. The van der Waals surface area contributed by atoms with E-state index in [0.29, 0.717) is 16.9 Å². The third-order valence-electron chi connectivity index (χ3n) is 3.51. The summed E-state index contributed by atoms with van der Waals surface area (Å²) < 4.78 is 16.4. The lowest BCUT2D eigenvalue weighted by Crippen LogP contribution is -1.92. The summed E-state index contributed by atoms with van der Waals surface area (Å²) in [6.45, 7) is 2.03. The van der Waals surface area contributed by atoms with Gasteiger partial charge in [0.05, 0.1) is 14.2 Å². The van der Waals surface area contributed by atoms with E-state index in [1.807, 2.05) is 49.4 Å². The Morgan fingerprint density at radius 3 is 2.67 bits per heavy atom. The molecule has 2 aromatic carbocycles. The van der Waals surface area contributed by atoms with E-state index >= 15 is 0 Å². The van der Waals surface area contributed by atoms with Gasteiger partial charge in [0.2, 0.25) is 5.89 Å². The van der Waals surface area contributed by atoms with Crippen LogP contribution >= 0.6 is 11.8 Å². The van der Waals surface area contributed by atoms with Crippen molar-refractivity contribution in [2.75, 3.05) is 14.2 Å². The van der Waals surface area contributed by atoms with Crippen molar-refractivity contribution in [3.8, 4) is 23.0 Å². The SMILES string of the molecule is COc1ccc(OC)c(CSc2nnc(-c3cccc(C)c3)o2)c1. The van der Waals surface area contributed by atoms with E-state index in [0.717, 1.165) is 28.2 Å². The molecule has 0 radical (unpaired) electrons. The third-order valence-corrected chi connectivity index (χ3v) is 4.38. The monoisotopic (exact) mass is 342 g/mol. The van der Waals surface area contributed by atoms with Gasteiger partial charge in [0.1, 0.15) is 11.5 Å². The topological polar surface area (TPSA) is 57.4 Å². The number of aromatic nitrogens is 2. The zero-order valence-electron chi connectivity index (χ0n) is 13.8. The van der Waals surface area contributed by atoms with Crippen molar-refractivity contribution in [2.24, 2.45) is 0 Å². The highest BCUT2D eigenvalue weighted by Crippen LogP contribution is 2.31. The van der Waals surface area contributed by atoms with E-state index < -0.39 is 0 Å². The second-order valence-electron chi connectivity index (χ2n) is 5.21. The fraction of sp³-hybridized carbons (Fsp3) is 0.222. The van der Waals surface area contributed by atoms with Crippen LogP contribution in [0.5, 0.6) is 11.5 Å². The fourth-order valence-corrected chi connectivity index (χ4v) is 3.04. The summed E-state index contributed by atoms with van der Waals surface area (Å²) in [6.07, 6.45) is 0. The van der Waals surface area contributed by atoms with Crippen LogP contribution in [0.3, 0.4) is 0 Å². The molecule has 0 unspecified atom stereocenters. The number of hydrogen-bond acceptors (Lipinski definition) is 6. The van der Waals surface area contributed by atoms with Crippen LogP contribution in [0.4, 0.5) is 0 Å². The van der Waals surface area contributed by atoms with Gasteiger partial charge in [0.15, 0.2) is 0 Å². The van der Waals surface area contributed by atoms with E-state index in [4.69, 9.17) is 13.9 Å². The number of hydrogen-bond donors (Lipinski definition) is 0. The predicted octanol–water partition coefficient (Wildman–Crippen LogP) is 4.35. The Morgan fingerprint density at radius 1 is 1.04 bits per heavy atom. The highest BCUT2D eigenvalue weighted by atomic mass is 32.2. The molecule has 0 aliphatic rings. The first-order valence-electron chi connectivity index (χ1n) is 7.44. The Bertz CT molecular complexity index is 833. The van der Waals surface area contributed by atoms with Gasteiger partial charge in [-0.15, -0.1) is 10.2 Å². The minimum atomic E-state index is 0.524. The molecule has 5 nitrogen and oxygen atoms in total. The average Bonchev–Trinajstić information content (AvgIpc) is 3.08. The summed E-state index contributed by atoms with van der Waals surface area (Å²) in [7, 11) is 3.30. The van der Waals surface area contributed by atoms with Gasteiger partial charge in [0.25, 0.3) is 5.22 Å². The number of benzene rings is 2. The Morgan fingerprint density at radius 2 is 1.92 bits per heavy atom. The van der Waals surface area contributed by atoms with Crippen molar-refractivity contribution >= 4 is 11.8 Å². The van der Waals surface area contributed by atoms with Crippen LogP contribution in [0.25, 0.3) is 11.5 Å². The number of nitrogens with zero attached hydrogens (tertiary/aromatic N) is 2. The van der Waals surface area contributed by atoms with Crippen LogP contribution in [0.15, 0.2) is 52.1 Å². The van der Waals surface area contributed by atoms with Crippen molar-refractivity contribution in [3.05, 3.63) is 53.6 Å². The minimum absolute atomic E-state index is 0.524. The van der Waals surface area contributed by atoms with Crippen molar-refractivity contribution in [3.63, 3.8) is 0 Å². The van der Waals surface area contributed by atoms with Crippen LogP contribution in [0.1, 0.15) is 11.1 Å². The van der Waals surface area contributed by atoms with Crippen molar-refractivity contribution < 1.29 is 13.9 Å². The molecule has 0 aliphatic heterocycles. The molecule has 1 heterocycles. The summed E-state index contributed by atoms with van der Waals surface area (Å²) in [4.78, 5) is 0. The number of rotatable bonds is 6. The molecule has 24 heavy (non-hydrogen) atoms. The predicted molar refractivity (Wildman–Crippen MR) is 93.6 cm³/mol. The minimum Gasteiger partial charge on any atom is -0.497 e. The summed E-state index contributed by atoms with van der Waals surface area (Å²) in [5.41, 5.74) is 3.09. The van der Waals surface area contributed by atoms with Crippen molar-refractivity contribution in [1.29, 1.82) is 0 Å². The number of thioether (sulfide) groups is 1. The lowest BCUT2D eigenvalue weighted by Gasteiger charge is -2.09. The second kappa shape index (κ2) is 7.40. The van der Waals surface area contributed by atoms with Gasteiger partial charge in [-0.05, 0) is 37.3 Å². The van der Waals surface area contributed by atoms with Crippen molar-refractivity contribution in [2.45, 2.75) is 17.9 Å². The van der Waals surface area contributed by atoms with Gasteiger partial charge in [-0.2, -0.15) is 0 Å². The molecule has 6 heteroatoms. The molecule has 3 aromatic rings. The first-order valence-corrected chi connectivity index (χ1v) is 8.42. The molecule has 0 amide bonds. The molecule has 0 fully saturated rings. The largest absolute Gasteiger partial charge is 0.497 e.